The number of hydrogen-bond donors (Lipinski definition) is 0. The Labute approximate surface area is 146 Å². The molecule has 0 aliphatic carbocycles. The molecule has 7 nitrogen and oxygen atoms in total. The molecule has 25 heavy (non-hydrogen) atoms. The van der Waals surface area contributed by atoms with Crippen molar-refractivity contribution in [2.45, 2.75) is 39.4 Å². The quantitative estimate of drug-likeness (QED) is 0.829. The van der Waals surface area contributed by atoms with Crippen LogP contribution in [0, 0.1) is 13.8 Å². The average molecular weight is 345 g/mol. The molecule has 0 unspecified atom stereocenters. The van der Waals surface area contributed by atoms with Crippen LogP contribution < -0.4 is 4.74 Å². The van der Waals surface area contributed by atoms with Gasteiger partial charge in [0.1, 0.15) is 12.4 Å². The van der Waals surface area contributed by atoms with Crippen molar-refractivity contribution in [1.82, 2.24) is 15.0 Å². The Hall–Kier alpha value is -2.41. The van der Waals surface area contributed by atoms with Gasteiger partial charge < -0.3 is 18.9 Å². The zero-order chi connectivity index (χ0) is 17.8. The van der Waals surface area contributed by atoms with Gasteiger partial charge in [-0.3, -0.25) is 4.79 Å². The molecule has 0 N–H and O–H groups in total. The minimum atomic E-state index is 0.0612. The number of carbonyl (C=O) groups excluding carboxylic acids is 1. The number of aromatic nitrogens is 2. The first-order valence-electron chi connectivity index (χ1n) is 8.41. The van der Waals surface area contributed by atoms with Crippen molar-refractivity contribution < 1.29 is 18.8 Å². The van der Waals surface area contributed by atoms with Crippen LogP contribution in [0.1, 0.15) is 40.5 Å². The third kappa shape index (κ3) is 4.17. The predicted octanol–water partition coefficient (Wildman–Crippen LogP) is 2.52. The first kappa shape index (κ1) is 17.4. The summed E-state index contributed by atoms with van der Waals surface area (Å²) in [6, 6.07) is 5.54. The molecule has 0 spiro atoms. The van der Waals surface area contributed by atoms with Crippen molar-refractivity contribution in [2.75, 3.05) is 20.2 Å². The lowest BCUT2D eigenvalue weighted by molar-refractivity contribution is -0.00979. The molecule has 2 heterocycles. The summed E-state index contributed by atoms with van der Waals surface area (Å²) >= 11 is 0. The normalized spacial score (nSPS) is 15.4. The summed E-state index contributed by atoms with van der Waals surface area (Å²) in [6.07, 6.45) is 1.70. The van der Waals surface area contributed by atoms with Crippen molar-refractivity contribution in [3.8, 4) is 5.75 Å². The zero-order valence-electron chi connectivity index (χ0n) is 14.8. The first-order chi connectivity index (χ1) is 12.1. The number of nitrogens with zero attached hydrogens (tertiary/aromatic N) is 3. The zero-order valence-corrected chi connectivity index (χ0v) is 14.8. The van der Waals surface area contributed by atoms with Crippen LogP contribution in [0.4, 0.5) is 0 Å². The van der Waals surface area contributed by atoms with Crippen LogP contribution in [0.2, 0.25) is 0 Å². The smallest absolute Gasteiger partial charge is 0.254 e. The second-order valence-corrected chi connectivity index (χ2v) is 6.22. The predicted molar refractivity (Wildman–Crippen MR) is 90.5 cm³/mol. The second-order valence-electron chi connectivity index (χ2n) is 6.22. The molecular formula is C18H23N3O4. The molecule has 1 aliphatic heterocycles. The van der Waals surface area contributed by atoms with Gasteiger partial charge in [-0.05, 0) is 50.5 Å². The van der Waals surface area contributed by atoms with Gasteiger partial charge in [0.2, 0.25) is 0 Å². The number of amides is 1. The lowest BCUT2D eigenvalue weighted by atomic mass is 10.0. The largest absolute Gasteiger partial charge is 0.497 e. The number of carbonyl (C=O) groups is 1. The minimum absolute atomic E-state index is 0.0612. The molecule has 1 amide bonds. The number of piperidine rings is 1. The van der Waals surface area contributed by atoms with Crippen molar-refractivity contribution in [1.29, 1.82) is 0 Å². The van der Waals surface area contributed by atoms with E-state index >= 15 is 0 Å². The number of hydrogen-bond acceptors (Lipinski definition) is 6. The molecule has 7 heteroatoms. The summed E-state index contributed by atoms with van der Waals surface area (Å²) in [6.45, 7) is 5.38. The second kappa shape index (κ2) is 7.65. The fourth-order valence-corrected chi connectivity index (χ4v) is 2.99. The molecule has 1 aliphatic rings. The Morgan fingerprint density at radius 2 is 2.08 bits per heavy atom. The third-order valence-corrected chi connectivity index (χ3v) is 4.41. The van der Waals surface area contributed by atoms with Crippen molar-refractivity contribution >= 4 is 5.91 Å². The van der Waals surface area contributed by atoms with Crippen LogP contribution in [0.3, 0.4) is 0 Å². The molecule has 0 bridgehead atoms. The van der Waals surface area contributed by atoms with Crippen LogP contribution in [0.5, 0.6) is 5.75 Å². The highest BCUT2D eigenvalue weighted by molar-refractivity contribution is 5.95. The summed E-state index contributed by atoms with van der Waals surface area (Å²) in [4.78, 5) is 18.7. The van der Waals surface area contributed by atoms with E-state index < -0.39 is 0 Å². The summed E-state index contributed by atoms with van der Waals surface area (Å²) in [5.74, 6) is 1.92. The first-order valence-corrected chi connectivity index (χ1v) is 8.41. The van der Waals surface area contributed by atoms with Gasteiger partial charge in [0.15, 0.2) is 5.82 Å². The Bertz CT molecular complexity index is 736. The van der Waals surface area contributed by atoms with Crippen LogP contribution in [0.15, 0.2) is 22.7 Å². The molecule has 1 aromatic carbocycles. The van der Waals surface area contributed by atoms with E-state index in [0.29, 0.717) is 31.4 Å². The molecule has 1 aromatic heterocycles. The molecule has 2 aromatic rings. The van der Waals surface area contributed by atoms with Crippen LogP contribution in [-0.2, 0) is 11.3 Å². The van der Waals surface area contributed by atoms with Gasteiger partial charge in [-0.2, -0.15) is 4.98 Å². The fourth-order valence-electron chi connectivity index (χ4n) is 2.99. The highest BCUT2D eigenvalue weighted by Crippen LogP contribution is 2.21. The van der Waals surface area contributed by atoms with Gasteiger partial charge in [0, 0.05) is 18.7 Å². The van der Waals surface area contributed by atoms with E-state index in [1.807, 2.05) is 30.0 Å². The summed E-state index contributed by atoms with van der Waals surface area (Å²) < 4.78 is 16.1. The SMILES string of the molecule is COc1ccc(C(=O)N2CCC(OCc3nc(C)no3)CC2)c(C)c1. The molecule has 0 atom stereocenters. The Morgan fingerprint density at radius 3 is 2.68 bits per heavy atom. The van der Waals surface area contributed by atoms with Crippen molar-refractivity contribution in [3.63, 3.8) is 0 Å². The Balaban J connectivity index is 1.52. The number of benzene rings is 1. The fraction of sp³-hybridized carbons (Fsp3) is 0.500. The molecule has 0 radical (unpaired) electrons. The maximum Gasteiger partial charge on any atom is 0.254 e. The highest BCUT2D eigenvalue weighted by Gasteiger charge is 2.25. The maximum atomic E-state index is 12.7. The molecule has 1 fully saturated rings. The van der Waals surface area contributed by atoms with E-state index in [9.17, 15) is 4.79 Å². The van der Waals surface area contributed by atoms with E-state index in [4.69, 9.17) is 14.0 Å². The number of aryl methyl sites for hydroxylation is 2. The summed E-state index contributed by atoms with van der Waals surface area (Å²) in [5.41, 5.74) is 1.65. The van der Waals surface area contributed by atoms with Gasteiger partial charge in [-0.25, -0.2) is 0 Å². The van der Waals surface area contributed by atoms with Crippen LogP contribution in [-0.4, -0.2) is 47.3 Å². The number of rotatable bonds is 5. The maximum absolute atomic E-state index is 12.7. The van der Waals surface area contributed by atoms with E-state index in [2.05, 4.69) is 10.1 Å². The van der Waals surface area contributed by atoms with E-state index in [1.165, 1.54) is 0 Å². The van der Waals surface area contributed by atoms with Gasteiger partial charge in [-0.1, -0.05) is 5.16 Å². The van der Waals surface area contributed by atoms with Gasteiger partial charge in [0.25, 0.3) is 11.8 Å². The summed E-state index contributed by atoms with van der Waals surface area (Å²) in [5, 5.41) is 3.74. The third-order valence-electron chi connectivity index (χ3n) is 4.41. The monoisotopic (exact) mass is 345 g/mol. The van der Waals surface area contributed by atoms with E-state index in [1.54, 1.807) is 14.0 Å². The van der Waals surface area contributed by atoms with Gasteiger partial charge in [-0.15, -0.1) is 0 Å². The molecule has 3 rings (SSSR count). The van der Waals surface area contributed by atoms with Gasteiger partial charge in [0.05, 0.1) is 13.2 Å². The number of likely N-dealkylation sites (tertiary alicyclic amines) is 1. The molecule has 0 saturated carbocycles. The van der Waals surface area contributed by atoms with E-state index in [-0.39, 0.29) is 12.0 Å². The molecule has 134 valence electrons. The lowest BCUT2D eigenvalue weighted by Gasteiger charge is -2.32. The van der Waals surface area contributed by atoms with Crippen LogP contribution >= 0.6 is 0 Å². The van der Waals surface area contributed by atoms with Gasteiger partial charge >= 0.3 is 0 Å². The van der Waals surface area contributed by atoms with Crippen LogP contribution in [0.25, 0.3) is 0 Å². The topological polar surface area (TPSA) is 77.7 Å². The Kier molecular flexibility index (Phi) is 5.33. The molecular weight excluding hydrogens is 322 g/mol. The average Bonchev–Trinajstić information content (AvgIpc) is 3.05. The minimum Gasteiger partial charge on any atom is -0.497 e. The highest BCUT2D eigenvalue weighted by atomic mass is 16.5. The Morgan fingerprint density at radius 1 is 1.32 bits per heavy atom. The number of ether oxygens (including phenoxy) is 2. The molecule has 1 saturated heterocycles. The van der Waals surface area contributed by atoms with E-state index in [0.717, 1.165) is 29.7 Å². The summed E-state index contributed by atoms with van der Waals surface area (Å²) in [7, 11) is 1.62. The standard InChI is InChI=1S/C18H23N3O4/c1-12-10-15(23-3)4-5-16(12)18(22)21-8-6-14(7-9-21)24-11-17-19-13(2)20-25-17/h4-5,10,14H,6-9,11H2,1-3H3. The van der Waals surface area contributed by atoms with Crippen molar-refractivity contribution in [3.05, 3.63) is 41.0 Å². The number of methoxy groups -OCH3 is 1. The lowest BCUT2D eigenvalue weighted by Crippen LogP contribution is -2.41. The van der Waals surface area contributed by atoms with Crippen molar-refractivity contribution in [2.24, 2.45) is 0 Å².